The molecule has 0 atom stereocenters. The van der Waals surface area contributed by atoms with Gasteiger partial charge in [0, 0.05) is 12.0 Å². The minimum atomic E-state index is -0.424. The van der Waals surface area contributed by atoms with Crippen LogP contribution < -0.4 is 0 Å². The molecule has 0 bridgehead atoms. The highest BCUT2D eigenvalue weighted by atomic mass is 19.1. The average Bonchev–Trinajstić information content (AvgIpc) is 2.29. The zero-order valence-electron chi connectivity index (χ0n) is 9.06. The molecular formula is C14H11FO2. The zero-order valence-corrected chi connectivity index (χ0v) is 9.06. The van der Waals surface area contributed by atoms with Crippen LogP contribution in [0.5, 0.6) is 5.75 Å². The molecule has 0 fully saturated rings. The van der Waals surface area contributed by atoms with Gasteiger partial charge in [-0.3, -0.25) is 4.79 Å². The zero-order chi connectivity index (χ0) is 12.3. The number of rotatable bonds is 3. The number of Topliss-reactive ketones (excluding diaryl/α,β-unsaturated/α-hetero) is 1. The van der Waals surface area contributed by atoms with Crippen molar-refractivity contribution in [3.63, 3.8) is 0 Å². The fraction of sp³-hybridized carbons (Fsp3) is 0.0714. The molecule has 17 heavy (non-hydrogen) atoms. The first-order valence-electron chi connectivity index (χ1n) is 5.22. The number of halogens is 1. The third-order valence-electron chi connectivity index (χ3n) is 2.42. The molecule has 3 heteroatoms. The topological polar surface area (TPSA) is 37.3 Å². The molecular weight excluding hydrogens is 219 g/mol. The lowest BCUT2D eigenvalue weighted by molar-refractivity contribution is 0.0992. The molecule has 0 aliphatic heterocycles. The van der Waals surface area contributed by atoms with E-state index in [1.807, 2.05) is 0 Å². The van der Waals surface area contributed by atoms with E-state index >= 15 is 0 Å². The van der Waals surface area contributed by atoms with Crippen LogP contribution in [0.2, 0.25) is 0 Å². The van der Waals surface area contributed by atoms with Crippen molar-refractivity contribution in [2.45, 2.75) is 6.42 Å². The Morgan fingerprint density at radius 3 is 2.59 bits per heavy atom. The maximum absolute atomic E-state index is 12.9. The Morgan fingerprint density at radius 2 is 1.88 bits per heavy atom. The molecule has 2 aromatic rings. The van der Waals surface area contributed by atoms with Crippen molar-refractivity contribution < 1.29 is 14.3 Å². The summed E-state index contributed by atoms with van der Waals surface area (Å²) < 4.78 is 12.9. The standard InChI is InChI=1S/C14H11FO2/c15-12-5-2-4-11(9-12)14(17)8-10-3-1-6-13(16)7-10/h1-7,9,16H,8H2. The van der Waals surface area contributed by atoms with Crippen molar-refractivity contribution >= 4 is 5.78 Å². The lowest BCUT2D eigenvalue weighted by Gasteiger charge is -2.02. The van der Waals surface area contributed by atoms with Crippen molar-refractivity contribution in [3.8, 4) is 5.75 Å². The van der Waals surface area contributed by atoms with E-state index in [0.29, 0.717) is 11.1 Å². The van der Waals surface area contributed by atoms with Gasteiger partial charge in [-0.15, -0.1) is 0 Å². The summed E-state index contributed by atoms with van der Waals surface area (Å²) in [6, 6.07) is 12.1. The molecule has 0 aliphatic carbocycles. The first-order chi connectivity index (χ1) is 8.15. The fourth-order valence-corrected chi connectivity index (χ4v) is 1.62. The summed E-state index contributed by atoms with van der Waals surface area (Å²) in [4.78, 5) is 11.8. The number of hydrogen-bond donors (Lipinski definition) is 1. The van der Waals surface area contributed by atoms with Gasteiger partial charge < -0.3 is 5.11 Å². The molecule has 0 unspecified atom stereocenters. The molecule has 0 aromatic heterocycles. The van der Waals surface area contributed by atoms with Gasteiger partial charge in [-0.2, -0.15) is 0 Å². The van der Waals surface area contributed by atoms with Crippen LogP contribution in [0.4, 0.5) is 4.39 Å². The number of carbonyl (C=O) groups is 1. The van der Waals surface area contributed by atoms with Crippen LogP contribution in [-0.2, 0) is 6.42 Å². The first-order valence-corrected chi connectivity index (χ1v) is 5.22. The molecule has 1 N–H and O–H groups in total. The number of aromatic hydroxyl groups is 1. The summed E-state index contributed by atoms with van der Waals surface area (Å²) in [5, 5.41) is 9.27. The van der Waals surface area contributed by atoms with Gasteiger partial charge in [0.2, 0.25) is 0 Å². The van der Waals surface area contributed by atoms with E-state index in [9.17, 15) is 14.3 Å². The second-order valence-corrected chi connectivity index (χ2v) is 3.78. The third kappa shape index (κ3) is 2.91. The highest BCUT2D eigenvalue weighted by Gasteiger charge is 2.08. The Kier molecular flexibility index (Phi) is 3.19. The van der Waals surface area contributed by atoms with Gasteiger partial charge in [0.1, 0.15) is 11.6 Å². The summed E-state index contributed by atoms with van der Waals surface area (Å²) in [7, 11) is 0. The summed E-state index contributed by atoms with van der Waals surface area (Å²) in [6.45, 7) is 0. The summed E-state index contributed by atoms with van der Waals surface area (Å²) in [5.41, 5.74) is 1.05. The van der Waals surface area contributed by atoms with Crippen molar-refractivity contribution in [2.24, 2.45) is 0 Å². The Hall–Kier alpha value is -2.16. The van der Waals surface area contributed by atoms with Crippen molar-refractivity contribution in [1.29, 1.82) is 0 Å². The minimum absolute atomic E-state index is 0.120. The summed E-state index contributed by atoms with van der Waals surface area (Å²) in [5.74, 6) is -0.476. The van der Waals surface area contributed by atoms with Crippen LogP contribution >= 0.6 is 0 Å². The van der Waals surface area contributed by atoms with Crippen LogP contribution in [0, 0.1) is 5.82 Å². The maximum atomic E-state index is 12.9. The number of hydrogen-bond acceptors (Lipinski definition) is 2. The molecule has 0 saturated carbocycles. The summed E-state index contributed by atoms with van der Waals surface area (Å²) >= 11 is 0. The largest absolute Gasteiger partial charge is 0.508 e. The van der Waals surface area contributed by atoms with E-state index in [0.717, 1.165) is 0 Å². The van der Waals surface area contributed by atoms with Crippen LogP contribution in [0.1, 0.15) is 15.9 Å². The van der Waals surface area contributed by atoms with Gasteiger partial charge >= 0.3 is 0 Å². The van der Waals surface area contributed by atoms with Gasteiger partial charge in [-0.05, 0) is 29.8 Å². The van der Waals surface area contributed by atoms with Crippen LogP contribution in [0.25, 0.3) is 0 Å². The monoisotopic (exact) mass is 230 g/mol. The molecule has 2 rings (SSSR count). The van der Waals surface area contributed by atoms with Crippen LogP contribution in [-0.4, -0.2) is 10.9 Å². The van der Waals surface area contributed by atoms with Gasteiger partial charge in [0.05, 0.1) is 0 Å². The molecule has 2 nitrogen and oxygen atoms in total. The molecule has 0 saturated heterocycles. The minimum Gasteiger partial charge on any atom is -0.508 e. The lowest BCUT2D eigenvalue weighted by Crippen LogP contribution is -2.03. The Balaban J connectivity index is 2.17. The Morgan fingerprint density at radius 1 is 1.12 bits per heavy atom. The number of ketones is 1. The van der Waals surface area contributed by atoms with E-state index in [2.05, 4.69) is 0 Å². The van der Waals surface area contributed by atoms with Crippen molar-refractivity contribution in [1.82, 2.24) is 0 Å². The van der Waals surface area contributed by atoms with E-state index in [1.165, 1.54) is 30.3 Å². The predicted octanol–water partition coefficient (Wildman–Crippen LogP) is 2.96. The molecule has 0 aliphatic rings. The normalized spacial score (nSPS) is 10.2. The Bertz CT molecular complexity index is 549. The number of phenolic OH excluding ortho intramolecular Hbond substituents is 1. The van der Waals surface area contributed by atoms with Gasteiger partial charge in [-0.1, -0.05) is 24.3 Å². The number of phenols is 1. The SMILES string of the molecule is O=C(Cc1cccc(O)c1)c1cccc(F)c1. The number of benzene rings is 2. The predicted molar refractivity (Wildman–Crippen MR) is 62.5 cm³/mol. The van der Waals surface area contributed by atoms with Gasteiger partial charge in [0.25, 0.3) is 0 Å². The van der Waals surface area contributed by atoms with Crippen molar-refractivity contribution in [3.05, 3.63) is 65.5 Å². The molecule has 86 valence electrons. The fourth-order valence-electron chi connectivity index (χ4n) is 1.62. The van der Waals surface area contributed by atoms with Gasteiger partial charge in [0.15, 0.2) is 5.78 Å². The first kappa shape index (κ1) is 11.3. The molecule has 0 amide bonds. The molecule has 0 radical (unpaired) electrons. The highest BCUT2D eigenvalue weighted by molar-refractivity contribution is 5.97. The second-order valence-electron chi connectivity index (χ2n) is 3.78. The molecule has 0 heterocycles. The smallest absolute Gasteiger partial charge is 0.167 e. The van der Waals surface area contributed by atoms with Gasteiger partial charge in [-0.25, -0.2) is 4.39 Å². The molecule has 2 aromatic carbocycles. The van der Waals surface area contributed by atoms with Crippen LogP contribution in [0.3, 0.4) is 0 Å². The second kappa shape index (κ2) is 4.78. The Labute approximate surface area is 98.3 Å². The van der Waals surface area contributed by atoms with Crippen molar-refractivity contribution in [2.75, 3.05) is 0 Å². The van der Waals surface area contributed by atoms with E-state index < -0.39 is 5.82 Å². The quantitative estimate of drug-likeness (QED) is 0.823. The van der Waals surface area contributed by atoms with E-state index in [4.69, 9.17) is 0 Å². The molecule has 0 spiro atoms. The average molecular weight is 230 g/mol. The summed E-state index contributed by atoms with van der Waals surface area (Å²) in [6.07, 6.45) is 0.151. The lowest BCUT2D eigenvalue weighted by atomic mass is 10.0. The number of carbonyl (C=O) groups excluding carboxylic acids is 1. The van der Waals surface area contributed by atoms with E-state index in [1.54, 1.807) is 18.2 Å². The third-order valence-corrected chi connectivity index (χ3v) is 2.42. The highest BCUT2D eigenvalue weighted by Crippen LogP contribution is 2.14. The van der Waals surface area contributed by atoms with Crippen LogP contribution in [0.15, 0.2) is 48.5 Å². The maximum Gasteiger partial charge on any atom is 0.167 e. The van der Waals surface area contributed by atoms with E-state index in [-0.39, 0.29) is 18.0 Å².